The van der Waals surface area contributed by atoms with Crippen LogP contribution in [0, 0.1) is 0 Å². The lowest BCUT2D eigenvalue weighted by Gasteiger charge is -2.13. The smallest absolute Gasteiger partial charge is 0.315 e. The van der Waals surface area contributed by atoms with Crippen molar-refractivity contribution in [2.24, 2.45) is 0 Å². The molecule has 0 radical (unpaired) electrons. The maximum Gasteiger partial charge on any atom is 0.315 e. The van der Waals surface area contributed by atoms with Gasteiger partial charge in [-0.1, -0.05) is 53.5 Å². The normalized spacial score (nSPS) is 15.2. The zero-order valence-electron chi connectivity index (χ0n) is 9.53. The topological polar surface area (TPSA) is 48.4 Å². The van der Waals surface area contributed by atoms with Crippen molar-refractivity contribution in [1.82, 2.24) is 5.32 Å². The number of allylic oxidation sites excluding steroid dienone is 3. The molecular formula is C13H11Cl2N3. The summed E-state index contributed by atoms with van der Waals surface area (Å²) in [6, 6.07) is 9.98. The fourth-order valence-corrected chi connectivity index (χ4v) is 2.10. The Morgan fingerprint density at radius 2 is 1.94 bits per heavy atom. The number of hydrogen-bond acceptors (Lipinski definition) is 1. The van der Waals surface area contributed by atoms with Gasteiger partial charge in [0.25, 0.3) is 0 Å². The van der Waals surface area contributed by atoms with Gasteiger partial charge in [-0.15, -0.1) is 0 Å². The number of rotatable bonds is 3. The van der Waals surface area contributed by atoms with Crippen LogP contribution in [0.15, 0.2) is 52.2 Å². The van der Waals surface area contributed by atoms with Crippen molar-refractivity contribution in [3.05, 3.63) is 63.3 Å². The molecule has 1 aliphatic carbocycles. The Bertz CT molecular complexity index is 555. The minimum absolute atomic E-state index is 0.338. The van der Waals surface area contributed by atoms with Crippen molar-refractivity contribution in [3.63, 3.8) is 0 Å². The van der Waals surface area contributed by atoms with Crippen LogP contribution in [0.1, 0.15) is 12.0 Å². The molecule has 0 saturated carbocycles. The molecule has 3 nitrogen and oxygen atoms in total. The SMILES string of the molecule is [N-]=[N+]=C1CC(Cl)=C(NCc2ccccc2)C=C1Cl. The lowest BCUT2D eigenvalue weighted by Crippen LogP contribution is -2.17. The van der Waals surface area contributed by atoms with Crippen LogP contribution in [-0.2, 0) is 6.54 Å². The molecule has 2 rings (SSSR count). The maximum absolute atomic E-state index is 8.73. The molecule has 0 bridgehead atoms. The molecule has 0 spiro atoms. The second kappa shape index (κ2) is 5.87. The Morgan fingerprint density at radius 1 is 1.22 bits per heavy atom. The Balaban J connectivity index is 2.09. The highest BCUT2D eigenvalue weighted by atomic mass is 35.5. The van der Waals surface area contributed by atoms with E-state index in [4.69, 9.17) is 28.7 Å². The van der Waals surface area contributed by atoms with Gasteiger partial charge in [0, 0.05) is 6.54 Å². The van der Waals surface area contributed by atoms with Crippen molar-refractivity contribution in [2.75, 3.05) is 0 Å². The van der Waals surface area contributed by atoms with Crippen molar-refractivity contribution in [2.45, 2.75) is 13.0 Å². The quantitative estimate of drug-likeness (QED) is 0.669. The number of halogens is 2. The highest BCUT2D eigenvalue weighted by Gasteiger charge is 2.22. The van der Waals surface area contributed by atoms with Crippen molar-refractivity contribution in [3.8, 4) is 0 Å². The third-order valence-electron chi connectivity index (χ3n) is 2.61. The molecule has 0 fully saturated rings. The van der Waals surface area contributed by atoms with E-state index in [9.17, 15) is 0 Å². The van der Waals surface area contributed by atoms with E-state index >= 15 is 0 Å². The molecule has 0 unspecified atom stereocenters. The molecule has 1 aromatic carbocycles. The van der Waals surface area contributed by atoms with Crippen LogP contribution in [0.2, 0.25) is 0 Å². The highest BCUT2D eigenvalue weighted by molar-refractivity contribution is 6.45. The molecule has 0 aromatic heterocycles. The molecule has 0 atom stereocenters. The number of benzene rings is 1. The minimum Gasteiger partial charge on any atom is -0.380 e. The number of nitrogens with zero attached hydrogens (tertiary/aromatic N) is 2. The van der Waals surface area contributed by atoms with Crippen LogP contribution >= 0.6 is 23.2 Å². The summed E-state index contributed by atoms with van der Waals surface area (Å²) in [4.78, 5) is 3.10. The maximum atomic E-state index is 8.73. The predicted molar refractivity (Wildman–Crippen MR) is 73.3 cm³/mol. The zero-order chi connectivity index (χ0) is 13.0. The van der Waals surface area contributed by atoms with Crippen LogP contribution < -0.4 is 5.32 Å². The Labute approximate surface area is 115 Å². The molecule has 18 heavy (non-hydrogen) atoms. The van der Waals surface area contributed by atoms with Gasteiger partial charge in [-0.2, -0.15) is 4.79 Å². The third kappa shape index (κ3) is 3.02. The van der Waals surface area contributed by atoms with E-state index in [2.05, 4.69) is 10.1 Å². The average Bonchev–Trinajstić information content (AvgIpc) is 2.40. The van der Waals surface area contributed by atoms with Crippen LogP contribution in [-0.4, -0.2) is 10.5 Å². The lowest BCUT2D eigenvalue weighted by molar-refractivity contribution is -0.00593. The average molecular weight is 280 g/mol. The van der Waals surface area contributed by atoms with Gasteiger partial charge in [0.1, 0.15) is 5.03 Å². The van der Waals surface area contributed by atoms with Crippen molar-refractivity contribution < 1.29 is 4.79 Å². The molecule has 0 amide bonds. The first kappa shape index (κ1) is 12.9. The summed E-state index contributed by atoms with van der Waals surface area (Å²) >= 11 is 12.1. The van der Waals surface area contributed by atoms with Gasteiger partial charge in [-0.05, 0) is 11.6 Å². The summed E-state index contributed by atoms with van der Waals surface area (Å²) in [5, 5.41) is 4.20. The van der Waals surface area contributed by atoms with Gasteiger partial charge in [-0.25, -0.2) is 0 Å². The summed E-state index contributed by atoms with van der Waals surface area (Å²) in [7, 11) is 0. The van der Waals surface area contributed by atoms with E-state index in [-0.39, 0.29) is 0 Å². The van der Waals surface area contributed by atoms with E-state index < -0.39 is 0 Å². The van der Waals surface area contributed by atoms with Crippen molar-refractivity contribution in [1.29, 1.82) is 0 Å². The third-order valence-corrected chi connectivity index (χ3v) is 3.27. The molecular weight excluding hydrogens is 269 g/mol. The second-order valence-electron chi connectivity index (χ2n) is 3.87. The van der Waals surface area contributed by atoms with E-state index in [0.29, 0.717) is 28.7 Å². The second-order valence-corrected chi connectivity index (χ2v) is 4.74. The highest BCUT2D eigenvalue weighted by Crippen LogP contribution is 2.24. The molecule has 1 aromatic rings. The minimum atomic E-state index is 0.338. The molecule has 0 aliphatic heterocycles. The molecule has 5 heteroatoms. The van der Waals surface area contributed by atoms with Crippen molar-refractivity contribution >= 4 is 28.9 Å². The summed E-state index contributed by atoms with van der Waals surface area (Å²) in [5.74, 6) is 0. The molecule has 92 valence electrons. The summed E-state index contributed by atoms with van der Waals surface area (Å²) in [5.41, 5.74) is 11.0. The first-order valence-electron chi connectivity index (χ1n) is 5.45. The molecule has 1 aliphatic rings. The van der Waals surface area contributed by atoms with Gasteiger partial charge in [-0.3, -0.25) is 0 Å². The van der Waals surface area contributed by atoms with E-state index in [1.807, 2.05) is 30.3 Å². The Morgan fingerprint density at radius 3 is 2.61 bits per heavy atom. The fourth-order valence-electron chi connectivity index (χ4n) is 1.64. The van der Waals surface area contributed by atoms with E-state index in [0.717, 1.165) is 11.3 Å². The van der Waals surface area contributed by atoms with Gasteiger partial charge < -0.3 is 10.8 Å². The van der Waals surface area contributed by atoms with Gasteiger partial charge in [0.2, 0.25) is 0 Å². The van der Waals surface area contributed by atoms with Gasteiger partial charge in [0.15, 0.2) is 0 Å². The standard InChI is InChI=1S/C13H11Cl2N3/c14-10-7-13(18-16)11(15)6-12(10)17-8-9-4-2-1-3-5-9/h1-6,17H,7-8H2. The first-order chi connectivity index (χ1) is 8.70. The molecule has 0 heterocycles. The fraction of sp³-hybridized carbons (Fsp3) is 0.154. The largest absolute Gasteiger partial charge is 0.380 e. The summed E-state index contributed by atoms with van der Waals surface area (Å²) in [6.07, 6.45) is 2.01. The lowest BCUT2D eigenvalue weighted by atomic mass is 10.1. The Kier molecular flexibility index (Phi) is 4.21. The Hall–Kier alpha value is -1.54. The van der Waals surface area contributed by atoms with Crippen LogP contribution in [0.25, 0.3) is 5.53 Å². The first-order valence-corrected chi connectivity index (χ1v) is 6.21. The van der Waals surface area contributed by atoms with Crippen LogP contribution in [0.3, 0.4) is 0 Å². The van der Waals surface area contributed by atoms with Gasteiger partial charge in [0.05, 0.1) is 17.2 Å². The zero-order valence-corrected chi connectivity index (χ0v) is 11.0. The number of nitrogens with one attached hydrogen (secondary N) is 1. The number of hydrogen-bond donors (Lipinski definition) is 1. The summed E-state index contributed by atoms with van der Waals surface area (Å²) in [6.45, 7) is 0.665. The monoisotopic (exact) mass is 279 g/mol. The van der Waals surface area contributed by atoms with Crippen LogP contribution in [0.4, 0.5) is 0 Å². The molecule has 0 saturated heterocycles. The van der Waals surface area contributed by atoms with Crippen LogP contribution in [0.5, 0.6) is 0 Å². The van der Waals surface area contributed by atoms with Gasteiger partial charge >= 0.3 is 5.71 Å². The molecule has 1 N–H and O–H groups in total. The van der Waals surface area contributed by atoms with E-state index in [1.54, 1.807) is 6.08 Å². The predicted octanol–water partition coefficient (Wildman–Crippen LogP) is 3.42. The van der Waals surface area contributed by atoms with E-state index in [1.165, 1.54) is 0 Å². The summed E-state index contributed by atoms with van der Waals surface area (Å²) < 4.78 is 0.